The van der Waals surface area contributed by atoms with Crippen molar-refractivity contribution in [1.82, 2.24) is 0 Å². The molecule has 0 aliphatic heterocycles. The molecule has 0 saturated carbocycles. The molecule has 0 saturated heterocycles. The number of esters is 1. The Balaban J connectivity index is 2.84. The zero-order valence-electron chi connectivity index (χ0n) is 11.5. The summed E-state index contributed by atoms with van der Waals surface area (Å²) in [5.74, 6) is -0.686. The Labute approximate surface area is 113 Å². The number of benzene rings is 1. The van der Waals surface area contributed by atoms with Gasteiger partial charge in [-0.05, 0) is 32.9 Å². The molecule has 0 heterocycles. The third-order valence-electron chi connectivity index (χ3n) is 2.31. The van der Waals surface area contributed by atoms with E-state index in [9.17, 15) is 9.59 Å². The summed E-state index contributed by atoms with van der Waals surface area (Å²) in [5, 5.41) is 2.69. The Kier molecular flexibility index (Phi) is 5.06. The summed E-state index contributed by atoms with van der Waals surface area (Å²) in [6.45, 7) is 5.56. The third-order valence-corrected chi connectivity index (χ3v) is 2.31. The molecule has 104 valence electrons. The van der Waals surface area contributed by atoms with Gasteiger partial charge >= 0.3 is 5.97 Å². The predicted octanol–water partition coefficient (Wildman–Crippen LogP) is 1.93. The molecule has 0 aliphatic carbocycles. The normalized spacial score (nSPS) is 10.9. The van der Waals surface area contributed by atoms with Gasteiger partial charge in [0.1, 0.15) is 0 Å². The quantitative estimate of drug-likeness (QED) is 0.796. The first kappa shape index (κ1) is 15.2. The topological polar surface area (TPSA) is 81.4 Å². The summed E-state index contributed by atoms with van der Waals surface area (Å²) < 4.78 is 4.94. The lowest BCUT2D eigenvalue weighted by Gasteiger charge is -2.18. The zero-order valence-corrected chi connectivity index (χ0v) is 11.5. The van der Waals surface area contributed by atoms with Crippen molar-refractivity contribution >= 4 is 17.6 Å². The van der Waals surface area contributed by atoms with E-state index in [0.29, 0.717) is 11.3 Å². The van der Waals surface area contributed by atoms with Gasteiger partial charge in [0.05, 0.1) is 17.9 Å². The number of carbonyl (C=O) groups is 2. The largest absolute Gasteiger partial charge is 0.462 e. The smallest absolute Gasteiger partial charge is 0.340 e. The number of ether oxygens (including phenoxy) is 1. The highest BCUT2D eigenvalue weighted by molar-refractivity contribution is 6.01. The molecule has 0 aromatic heterocycles. The lowest BCUT2D eigenvalue weighted by molar-refractivity contribution is -0.117. The fourth-order valence-corrected chi connectivity index (χ4v) is 1.59. The van der Waals surface area contributed by atoms with E-state index < -0.39 is 11.5 Å². The number of rotatable bonds is 5. The average Bonchev–Trinajstić information content (AvgIpc) is 2.27. The van der Waals surface area contributed by atoms with Crippen LogP contribution in [0.1, 0.15) is 37.6 Å². The molecule has 0 unspecified atom stereocenters. The Morgan fingerprint density at radius 2 is 1.95 bits per heavy atom. The van der Waals surface area contributed by atoms with Gasteiger partial charge in [-0.3, -0.25) is 4.79 Å². The molecule has 1 aromatic rings. The Morgan fingerprint density at radius 1 is 1.32 bits per heavy atom. The summed E-state index contributed by atoms with van der Waals surface area (Å²) in [6.07, 6.45) is 0.171. The molecule has 5 nitrogen and oxygen atoms in total. The van der Waals surface area contributed by atoms with E-state index in [-0.39, 0.29) is 18.9 Å². The molecule has 0 bridgehead atoms. The molecule has 1 aromatic carbocycles. The first-order valence-electron chi connectivity index (χ1n) is 6.18. The van der Waals surface area contributed by atoms with Gasteiger partial charge < -0.3 is 15.8 Å². The number of hydrogen-bond donors (Lipinski definition) is 2. The average molecular weight is 264 g/mol. The van der Waals surface area contributed by atoms with Crippen molar-refractivity contribution in [3.05, 3.63) is 29.8 Å². The second-order valence-corrected chi connectivity index (χ2v) is 4.98. The minimum atomic E-state index is -0.594. The molecule has 0 atom stereocenters. The molecule has 1 rings (SSSR count). The minimum Gasteiger partial charge on any atom is -0.462 e. The first-order valence-corrected chi connectivity index (χ1v) is 6.18. The fraction of sp³-hybridized carbons (Fsp3) is 0.429. The summed E-state index contributed by atoms with van der Waals surface area (Å²) >= 11 is 0. The van der Waals surface area contributed by atoms with Gasteiger partial charge in [0, 0.05) is 12.0 Å². The highest BCUT2D eigenvalue weighted by Crippen LogP contribution is 2.17. The van der Waals surface area contributed by atoms with E-state index in [2.05, 4.69) is 5.32 Å². The highest BCUT2D eigenvalue weighted by atomic mass is 16.5. The SMILES string of the molecule is CCOC(=O)c1ccccc1NC(=O)CC(C)(C)N. The lowest BCUT2D eigenvalue weighted by Crippen LogP contribution is -2.36. The predicted molar refractivity (Wildman–Crippen MR) is 73.9 cm³/mol. The first-order chi connectivity index (χ1) is 8.83. The maximum atomic E-state index is 11.8. The van der Waals surface area contributed by atoms with Crippen LogP contribution in [-0.2, 0) is 9.53 Å². The van der Waals surface area contributed by atoms with Crippen LogP contribution >= 0.6 is 0 Å². The molecule has 3 N–H and O–H groups in total. The maximum absolute atomic E-state index is 11.8. The van der Waals surface area contributed by atoms with Crippen molar-refractivity contribution in [2.24, 2.45) is 5.73 Å². The maximum Gasteiger partial charge on any atom is 0.340 e. The number of nitrogens with one attached hydrogen (secondary N) is 1. The van der Waals surface area contributed by atoms with Crippen LogP contribution in [0.2, 0.25) is 0 Å². The van der Waals surface area contributed by atoms with Crippen molar-refractivity contribution in [1.29, 1.82) is 0 Å². The molecular weight excluding hydrogens is 244 g/mol. The number of anilines is 1. The zero-order chi connectivity index (χ0) is 14.5. The minimum absolute atomic E-state index is 0.171. The van der Waals surface area contributed by atoms with Gasteiger partial charge in [-0.1, -0.05) is 12.1 Å². The summed E-state index contributed by atoms with van der Waals surface area (Å²) in [4.78, 5) is 23.6. The van der Waals surface area contributed by atoms with Crippen LogP contribution in [0.25, 0.3) is 0 Å². The van der Waals surface area contributed by atoms with Gasteiger partial charge in [-0.2, -0.15) is 0 Å². The molecule has 0 radical (unpaired) electrons. The van der Waals surface area contributed by atoms with Gasteiger partial charge in [0.2, 0.25) is 5.91 Å². The number of hydrogen-bond acceptors (Lipinski definition) is 4. The monoisotopic (exact) mass is 264 g/mol. The van der Waals surface area contributed by atoms with Crippen molar-refractivity contribution in [3.8, 4) is 0 Å². The molecule has 0 aliphatic rings. The van der Waals surface area contributed by atoms with Crippen molar-refractivity contribution in [2.75, 3.05) is 11.9 Å². The van der Waals surface area contributed by atoms with Crippen LogP contribution in [0.15, 0.2) is 24.3 Å². The summed E-state index contributed by atoms with van der Waals surface area (Å²) in [6, 6.07) is 6.73. The summed E-state index contributed by atoms with van der Waals surface area (Å²) in [7, 11) is 0. The van der Waals surface area contributed by atoms with E-state index in [1.54, 1.807) is 45.0 Å². The van der Waals surface area contributed by atoms with Crippen LogP contribution in [0.4, 0.5) is 5.69 Å². The van der Waals surface area contributed by atoms with Crippen molar-refractivity contribution in [3.63, 3.8) is 0 Å². The van der Waals surface area contributed by atoms with Crippen LogP contribution in [0.5, 0.6) is 0 Å². The summed E-state index contributed by atoms with van der Waals surface area (Å²) in [5.41, 5.74) is 5.97. The molecule has 1 amide bonds. The van der Waals surface area contributed by atoms with Crippen molar-refractivity contribution < 1.29 is 14.3 Å². The highest BCUT2D eigenvalue weighted by Gasteiger charge is 2.18. The Hall–Kier alpha value is -1.88. The molecular formula is C14H20N2O3. The number of amides is 1. The lowest BCUT2D eigenvalue weighted by atomic mass is 10.0. The second-order valence-electron chi connectivity index (χ2n) is 4.98. The third kappa shape index (κ3) is 5.09. The fourth-order valence-electron chi connectivity index (χ4n) is 1.59. The van der Waals surface area contributed by atoms with E-state index in [1.807, 2.05) is 0 Å². The number of para-hydroxylation sites is 1. The van der Waals surface area contributed by atoms with Crippen LogP contribution in [-0.4, -0.2) is 24.0 Å². The van der Waals surface area contributed by atoms with E-state index in [0.717, 1.165) is 0 Å². The molecule has 0 fully saturated rings. The molecule has 0 spiro atoms. The van der Waals surface area contributed by atoms with Crippen LogP contribution in [0, 0.1) is 0 Å². The van der Waals surface area contributed by atoms with Gasteiger partial charge in [-0.25, -0.2) is 4.79 Å². The Morgan fingerprint density at radius 3 is 2.53 bits per heavy atom. The van der Waals surface area contributed by atoms with E-state index in [1.165, 1.54) is 0 Å². The molecule has 5 heteroatoms. The Bertz CT molecular complexity index is 464. The van der Waals surface area contributed by atoms with E-state index in [4.69, 9.17) is 10.5 Å². The van der Waals surface area contributed by atoms with Crippen LogP contribution in [0.3, 0.4) is 0 Å². The number of carbonyl (C=O) groups excluding carboxylic acids is 2. The molecule has 19 heavy (non-hydrogen) atoms. The second kappa shape index (κ2) is 6.33. The van der Waals surface area contributed by atoms with Gasteiger partial charge in [0.25, 0.3) is 0 Å². The standard InChI is InChI=1S/C14H20N2O3/c1-4-19-13(18)10-7-5-6-8-11(10)16-12(17)9-14(2,3)15/h5-8H,4,9,15H2,1-3H3,(H,16,17). The van der Waals surface area contributed by atoms with E-state index >= 15 is 0 Å². The van der Waals surface area contributed by atoms with Crippen LogP contribution < -0.4 is 11.1 Å². The van der Waals surface area contributed by atoms with Gasteiger partial charge in [-0.15, -0.1) is 0 Å². The number of nitrogens with two attached hydrogens (primary N) is 1. The van der Waals surface area contributed by atoms with Crippen molar-refractivity contribution in [2.45, 2.75) is 32.7 Å². The van der Waals surface area contributed by atoms with Gasteiger partial charge in [0.15, 0.2) is 0 Å².